The number of Topliss-reactive ketones (excluding diaryl/α,β-unsaturated/α-hetero) is 1. The van der Waals surface area contributed by atoms with Crippen molar-refractivity contribution in [3.63, 3.8) is 0 Å². The number of nitrogens with zero attached hydrogens (tertiary/aromatic N) is 3. The molecule has 1 N–H and O–H groups in total. The van der Waals surface area contributed by atoms with E-state index in [1.54, 1.807) is 16.7 Å². The first-order valence-electron chi connectivity index (χ1n) is 10.5. The molecule has 9 heteroatoms. The van der Waals surface area contributed by atoms with Crippen LogP contribution in [0.15, 0.2) is 47.3 Å². The molecule has 174 valence electrons. The number of H-pyrrole nitrogens is 1. The van der Waals surface area contributed by atoms with Crippen LogP contribution in [-0.2, 0) is 6.54 Å². The number of rotatable bonds is 7. The predicted octanol–water partition coefficient (Wildman–Crippen LogP) is 4.12. The number of imidazole rings is 1. The van der Waals surface area contributed by atoms with Crippen molar-refractivity contribution in [2.45, 2.75) is 26.3 Å². The molecule has 0 atom stereocenters. The molecule has 0 aliphatic carbocycles. The fourth-order valence-corrected chi connectivity index (χ4v) is 4.09. The molecule has 1 saturated heterocycles. The number of aromatic nitrogens is 2. The van der Waals surface area contributed by atoms with Crippen molar-refractivity contribution in [1.82, 2.24) is 14.5 Å². The predicted molar refractivity (Wildman–Crippen MR) is 131 cm³/mol. The van der Waals surface area contributed by atoms with Crippen molar-refractivity contribution < 1.29 is 9.18 Å². The van der Waals surface area contributed by atoms with Crippen LogP contribution in [0.2, 0.25) is 0 Å². The number of piperazine rings is 1. The maximum atomic E-state index is 13.1. The summed E-state index contributed by atoms with van der Waals surface area (Å²) in [6.07, 6.45) is 1.93. The van der Waals surface area contributed by atoms with Gasteiger partial charge in [-0.05, 0) is 68.8 Å². The van der Waals surface area contributed by atoms with Crippen LogP contribution in [0.4, 0.5) is 10.1 Å². The smallest absolute Gasteiger partial charge is 0.326 e. The van der Waals surface area contributed by atoms with E-state index in [0.29, 0.717) is 17.6 Å². The summed E-state index contributed by atoms with van der Waals surface area (Å²) in [7, 11) is 0. The Labute approximate surface area is 199 Å². The molecule has 2 aromatic carbocycles. The van der Waals surface area contributed by atoms with Crippen LogP contribution in [-0.4, -0.2) is 53.0 Å². The lowest BCUT2D eigenvalue weighted by Gasteiger charge is -2.36. The van der Waals surface area contributed by atoms with Gasteiger partial charge in [0.1, 0.15) is 5.82 Å². The first kappa shape index (κ1) is 25.9. The lowest BCUT2D eigenvalue weighted by Crippen LogP contribution is -2.46. The lowest BCUT2D eigenvalue weighted by atomic mass is 10.1. The zero-order chi connectivity index (χ0) is 21.1. The molecule has 0 spiro atoms. The summed E-state index contributed by atoms with van der Waals surface area (Å²) >= 11 is 0. The summed E-state index contributed by atoms with van der Waals surface area (Å²) in [6, 6.07) is 12.1. The molecule has 0 unspecified atom stereocenters. The average molecular weight is 483 g/mol. The molecule has 1 aromatic heterocycles. The SMILES string of the molecule is CC(=O)c1ccc2c(c1)[nH]c(=O)n2CCCCN1CCN(c2ccc(F)cc2)CC1.Cl.Cl. The number of hydrogen-bond donors (Lipinski definition) is 1. The molecule has 1 aliphatic heterocycles. The molecule has 0 saturated carbocycles. The Hall–Kier alpha value is -2.35. The second-order valence-corrected chi connectivity index (χ2v) is 7.88. The zero-order valence-corrected chi connectivity index (χ0v) is 19.7. The summed E-state index contributed by atoms with van der Waals surface area (Å²) in [4.78, 5) is 31.4. The van der Waals surface area contributed by atoms with E-state index in [1.165, 1.54) is 19.1 Å². The number of aryl methyl sites for hydroxylation is 1. The highest BCUT2D eigenvalue weighted by molar-refractivity contribution is 5.97. The van der Waals surface area contributed by atoms with E-state index in [0.717, 1.165) is 56.8 Å². The standard InChI is InChI=1S/C23H27FN4O2.2ClH/c1-17(29)18-4-9-22-21(16-18)25-23(30)28(22)11-3-2-10-26-12-14-27(15-13-26)20-7-5-19(24)6-8-20;;/h4-9,16H,2-3,10-15H2,1H3,(H,25,30);2*1H. The topological polar surface area (TPSA) is 61.3 Å². The number of hydrogen-bond acceptors (Lipinski definition) is 4. The minimum absolute atomic E-state index is 0. The fourth-order valence-electron chi connectivity index (χ4n) is 4.09. The number of carbonyl (C=O) groups is 1. The summed E-state index contributed by atoms with van der Waals surface area (Å²) in [5.41, 5.74) is 3.11. The maximum absolute atomic E-state index is 13.1. The van der Waals surface area contributed by atoms with Gasteiger partial charge in [-0.25, -0.2) is 9.18 Å². The first-order chi connectivity index (χ1) is 14.5. The number of carbonyl (C=O) groups excluding carboxylic acids is 1. The van der Waals surface area contributed by atoms with E-state index in [4.69, 9.17) is 0 Å². The monoisotopic (exact) mass is 482 g/mol. The molecule has 4 rings (SSSR count). The van der Waals surface area contributed by atoms with Crippen molar-refractivity contribution in [3.05, 3.63) is 64.3 Å². The van der Waals surface area contributed by atoms with Crippen molar-refractivity contribution >= 4 is 47.3 Å². The summed E-state index contributed by atoms with van der Waals surface area (Å²) < 4.78 is 14.8. The number of nitrogens with one attached hydrogen (secondary N) is 1. The van der Waals surface area contributed by atoms with E-state index in [-0.39, 0.29) is 42.1 Å². The van der Waals surface area contributed by atoms with Crippen LogP contribution in [0.1, 0.15) is 30.1 Å². The molecule has 0 radical (unpaired) electrons. The largest absolute Gasteiger partial charge is 0.369 e. The number of unbranched alkanes of at least 4 members (excludes halogenated alkanes) is 1. The maximum Gasteiger partial charge on any atom is 0.326 e. The van der Waals surface area contributed by atoms with Gasteiger partial charge in [0.25, 0.3) is 0 Å². The molecule has 1 fully saturated rings. The summed E-state index contributed by atoms with van der Waals surface area (Å²) in [6.45, 7) is 7.03. The third-order valence-corrected chi connectivity index (χ3v) is 5.85. The number of anilines is 1. The highest BCUT2D eigenvalue weighted by Gasteiger charge is 2.17. The van der Waals surface area contributed by atoms with Gasteiger partial charge < -0.3 is 9.88 Å². The average Bonchev–Trinajstić information content (AvgIpc) is 3.06. The number of aromatic amines is 1. The van der Waals surface area contributed by atoms with Crippen LogP contribution >= 0.6 is 24.8 Å². The fraction of sp³-hybridized carbons (Fsp3) is 0.391. The van der Waals surface area contributed by atoms with Crippen LogP contribution in [0.25, 0.3) is 11.0 Å². The van der Waals surface area contributed by atoms with Crippen LogP contribution < -0.4 is 10.6 Å². The Morgan fingerprint density at radius 3 is 2.28 bits per heavy atom. The normalized spacial score (nSPS) is 14.1. The quantitative estimate of drug-likeness (QED) is 0.406. The van der Waals surface area contributed by atoms with E-state index >= 15 is 0 Å². The Bertz CT molecular complexity index is 1090. The third-order valence-electron chi connectivity index (χ3n) is 5.85. The molecule has 32 heavy (non-hydrogen) atoms. The van der Waals surface area contributed by atoms with Gasteiger partial charge in [0.15, 0.2) is 5.78 Å². The van der Waals surface area contributed by atoms with E-state index in [1.807, 2.05) is 18.2 Å². The second-order valence-electron chi connectivity index (χ2n) is 7.88. The van der Waals surface area contributed by atoms with Gasteiger partial charge >= 0.3 is 5.69 Å². The number of ketones is 1. The van der Waals surface area contributed by atoms with E-state index < -0.39 is 0 Å². The van der Waals surface area contributed by atoms with Gasteiger partial charge in [-0.2, -0.15) is 0 Å². The summed E-state index contributed by atoms with van der Waals surface area (Å²) in [5.74, 6) is -0.212. The first-order valence-corrected chi connectivity index (χ1v) is 10.5. The van der Waals surface area contributed by atoms with Gasteiger partial charge in [-0.15, -0.1) is 24.8 Å². The highest BCUT2D eigenvalue weighted by atomic mass is 35.5. The minimum atomic E-state index is -0.203. The number of halogens is 3. The van der Waals surface area contributed by atoms with Gasteiger partial charge in [0.2, 0.25) is 0 Å². The van der Waals surface area contributed by atoms with E-state index in [9.17, 15) is 14.0 Å². The Morgan fingerprint density at radius 1 is 0.969 bits per heavy atom. The van der Waals surface area contributed by atoms with Gasteiger partial charge in [-0.1, -0.05) is 0 Å². The lowest BCUT2D eigenvalue weighted by molar-refractivity contribution is 0.101. The van der Waals surface area contributed by atoms with Crippen molar-refractivity contribution in [2.24, 2.45) is 0 Å². The van der Waals surface area contributed by atoms with Crippen molar-refractivity contribution in [1.29, 1.82) is 0 Å². The number of fused-ring (bicyclic) bond motifs is 1. The summed E-state index contributed by atoms with van der Waals surface area (Å²) in [5, 5.41) is 0. The molecular formula is C23H29Cl2FN4O2. The molecule has 3 aromatic rings. The van der Waals surface area contributed by atoms with Crippen LogP contribution in [0.5, 0.6) is 0 Å². The molecule has 2 heterocycles. The molecule has 0 amide bonds. The molecule has 0 bridgehead atoms. The van der Waals surface area contributed by atoms with Gasteiger partial charge in [-0.3, -0.25) is 14.3 Å². The van der Waals surface area contributed by atoms with Crippen LogP contribution in [0, 0.1) is 5.82 Å². The molecule has 6 nitrogen and oxygen atoms in total. The minimum Gasteiger partial charge on any atom is -0.369 e. The molecular weight excluding hydrogens is 454 g/mol. The number of benzene rings is 2. The Morgan fingerprint density at radius 2 is 1.62 bits per heavy atom. The van der Waals surface area contributed by atoms with Crippen molar-refractivity contribution in [3.8, 4) is 0 Å². The van der Waals surface area contributed by atoms with Crippen LogP contribution in [0.3, 0.4) is 0 Å². The van der Waals surface area contributed by atoms with Gasteiger partial charge in [0, 0.05) is 44.0 Å². The highest BCUT2D eigenvalue weighted by Crippen LogP contribution is 2.17. The second kappa shape index (κ2) is 11.5. The van der Waals surface area contributed by atoms with Gasteiger partial charge in [0.05, 0.1) is 11.0 Å². The Balaban J connectivity index is 0.00000181. The zero-order valence-electron chi connectivity index (χ0n) is 18.1. The third kappa shape index (κ3) is 5.91. The Kier molecular flexibility index (Phi) is 9.31. The van der Waals surface area contributed by atoms with E-state index in [2.05, 4.69) is 14.8 Å². The van der Waals surface area contributed by atoms with Crippen molar-refractivity contribution in [2.75, 3.05) is 37.6 Å². The molecule has 1 aliphatic rings.